The van der Waals surface area contributed by atoms with Gasteiger partial charge < -0.3 is 4.57 Å². The number of nitrogens with zero attached hydrogens (tertiary/aromatic N) is 3. The van der Waals surface area contributed by atoms with Crippen LogP contribution in [0.2, 0.25) is 0 Å². The highest BCUT2D eigenvalue weighted by molar-refractivity contribution is 6.16. The molecule has 0 saturated heterocycles. The third kappa shape index (κ3) is 1.46. The van der Waals surface area contributed by atoms with Crippen molar-refractivity contribution in [2.24, 2.45) is 5.92 Å². The lowest BCUT2D eigenvalue weighted by atomic mass is 9.98. The Hall–Kier alpha value is -0.570. The molecule has 1 aromatic rings. The smallest absolute Gasteiger partial charge is 0.148 e. The Morgan fingerprint density at radius 2 is 2.31 bits per heavy atom. The Bertz CT molecular complexity index is 302. The normalized spacial score (nSPS) is 17.8. The predicted molar refractivity (Wildman–Crippen MR) is 51.6 cm³/mol. The van der Waals surface area contributed by atoms with Gasteiger partial charge >= 0.3 is 0 Å². The summed E-state index contributed by atoms with van der Waals surface area (Å²) < 4.78 is 2.11. The van der Waals surface area contributed by atoms with Gasteiger partial charge in [-0.15, -0.1) is 21.8 Å². The fraction of sp³-hybridized carbons (Fsp3) is 0.778. The summed E-state index contributed by atoms with van der Waals surface area (Å²) in [4.78, 5) is 0. The van der Waals surface area contributed by atoms with Gasteiger partial charge in [0.05, 0.1) is 5.88 Å². The summed E-state index contributed by atoms with van der Waals surface area (Å²) in [6, 6.07) is 0. The van der Waals surface area contributed by atoms with Crippen molar-refractivity contribution in [3.05, 3.63) is 12.2 Å². The largest absolute Gasteiger partial charge is 0.311 e. The third-order valence-electron chi connectivity index (χ3n) is 2.94. The first-order valence-corrected chi connectivity index (χ1v) is 5.15. The molecule has 1 heterocycles. The van der Waals surface area contributed by atoms with Gasteiger partial charge in [-0.05, 0) is 32.6 Å². The maximum absolute atomic E-state index is 5.78. The van der Waals surface area contributed by atoms with Gasteiger partial charge in [-0.3, -0.25) is 0 Å². The minimum Gasteiger partial charge on any atom is -0.311 e. The second-order valence-electron chi connectivity index (χ2n) is 4.18. The number of hydrogen-bond acceptors (Lipinski definition) is 2. The van der Waals surface area contributed by atoms with Crippen LogP contribution < -0.4 is 0 Å². The van der Waals surface area contributed by atoms with Gasteiger partial charge in [-0.1, -0.05) is 0 Å². The molecule has 1 aliphatic carbocycles. The van der Waals surface area contributed by atoms with E-state index < -0.39 is 0 Å². The van der Waals surface area contributed by atoms with Crippen molar-refractivity contribution in [2.45, 2.75) is 38.1 Å². The van der Waals surface area contributed by atoms with Crippen LogP contribution in [0.1, 0.15) is 32.5 Å². The topological polar surface area (TPSA) is 30.7 Å². The molecule has 1 aliphatic rings. The average molecular weight is 200 g/mol. The van der Waals surface area contributed by atoms with Crippen LogP contribution in [0.15, 0.2) is 6.33 Å². The Morgan fingerprint density at radius 3 is 2.85 bits per heavy atom. The van der Waals surface area contributed by atoms with Crippen LogP contribution >= 0.6 is 11.6 Å². The van der Waals surface area contributed by atoms with E-state index in [4.69, 9.17) is 11.6 Å². The molecule has 0 amide bonds. The van der Waals surface area contributed by atoms with E-state index in [-0.39, 0.29) is 5.54 Å². The predicted octanol–water partition coefficient (Wildman–Crippen LogP) is 2.16. The lowest BCUT2D eigenvalue weighted by Crippen LogP contribution is -2.29. The second-order valence-corrected chi connectivity index (χ2v) is 4.45. The van der Waals surface area contributed by atoms with Crippen LogP contribution in [0.5, 0.6) is 0 Å². The van der Waals surface area contributed by atoms with Gasteiger partial charge in [0.1, 0.15) is 12.2 Å². The van der Waals surface area contributed by atoms with Gasteiger partial charge in [0, 0.05) is 5.54 Å². The highest BCUT2D eigenvalue weighted by Crippen LogP contribution is 2.44. The maximum Gasteiger partial charge on any atom is 0.148 e. The van der Waals surface area contributed by atoms with Gasteiger partial charge in [0.25, 0.3) is 0 Å². The molecule has 0 aliphatic heterocycles. The van der Waals surface area contributed by atoms with E-state index in [0.717, 1.165) is 11.7 Å². The molecule has 1 fully saturated rings. The lowest BCUT2D eigenvalue weighted by Gasteiger charge is -2.27. The van der Waals surface area contributed by atoms with Crippen molar-refractivity contribution in [3.63, 3.8) is 0 Å². The summed E-state index contributed by atoms with van der Waals surface area (Å²) in [5, 5.41) is 7.89. The lowest BCUT2D eigenvalue weighted by molar-refractivity contribution is 0.297. The number of aromatic nitrogens is 3. The molecule has 13 heavy (non-hydrogen) atoms. The quantitative estimate of drug-likeness (QED) is 0.699. The highest BCUT2D eigenvalue weighted by Gasteiger charge is 2.40. The van der Waals surface area contributed by atoms with Gasteiger partial charge in [0.15, 0.2) is 0 Å². The van der Waals surface area contributed by atoms with Crippen molar-refractivity contribution in [1.82, 2.24) is 14.8 Å². The van der Waals surface area contributed by atoms with Crippen LogP contribution in [0, 0.1) is 5.92 Å². The highest BCUT2D eigenvalue weighted by atomic mass is 35.5. The average Bonchev–Trinajstić information content (AvgIpc) is 2.84. The molecular formula is C9H14ClN3. The number of halogens is 1. The Balaban J connectivity index is 2.32. The number of rotatable bonds is 3. The summed E-state index contributed by atoms with van der Waals surface area (Å²) in [7, 11) is 0. The van der Waals surface area contributed by atoms with Gasteiger partial charge in [-0.2, -0.15) is 0 Å². The minimum absolute atomic E-state index is 0.133. The molecule has 4 heteroatoms. The Morgan fingerprint density at radius 1 is 1.62 bits per heavy atom. The van der Waals surface area contributed by atoms with Crippen molar-refractivity contribution in [1.29, 1.82) is 0 Å². The zero-order valence-electron chi connectivity index (χ0n) is 8.00. The van der Waals surface area contributed by atoms with E-state index in [2.05, 4.69) is 28.6 Å². The van der Waals surface area contributed by atoms with Crippen molar-refractivity contribution in [3.8, 4) is 0 Å². The fourth-order valence-electron chi connectivity index (χ4n) is 1.82. The second kappa shape index (κ2) is 2.98. The van der Waals surface area contributed by atoms with E-state index in [1.54, 1.807) is 6.33 Å². The first kappa shape index (κ1) is 9.00. The molecule has 1 saturated carbocycles. The van der Waals surface area contributed by atoms with Crippen molar-refractivity contribution >= 4 is 11.6 Å². The van der Waals surface area contributed by atoms with E-state index in [9.17, 15) is 0 Å². The first-order valence-electron chi connectivity index (χ1n) is 4.61. The zero-order valence-corrected chi connectivity index (χ0v) is 8.75. The molecule has 0 radical (unpaired) electrons. The van der Waals surface area contributed by atoms with E-state index in [1.807, 2.05) is 0 Å². The summed E-state index contributed by atoms with van der Waals surface area (Å²) >= 11 is 5.78. The summed E-state index contributed by atoms with van der Waals surface area (Å²) in [6.45, 7) is 4.45. The number of alkyl halides is 1. The summed E-state index contributed by atoms with van der Waals surface area (Å²) in [5.41, 5.74) is 0.133. The van der Waals surface area contributed by atoms with E-state index in [1.165, 1.54) is 12.8 Å². The van der Waals surface area contributed by atoms with Crippen LogP contribution in [0.4, 0.5) is 0 Å². The Kier molecular flexibility index (Phi) is 2.06. The van der Waals surface area contributed by atoms with Gasteiger partial charge in [0.2, 0.25) is 0 Å². The molecule has 3 nitrogen and oxygen atoms in total. The summed E-state index contributed by atoms with van der Waals surface area (Å²) in [5.74, 6) is 2.08. The fourth-order valence-corrected chi connectivity index (χ4v) is 2.00. The molecule has 0 bridgehead atoms. The zero-order chi connectivity index (χ0) is 9.47. The Labute approximate surface area is 83.1 Å². The first-order chi connectivity index (χ1) is 6.16. The van der Waals surface area contributed by atoms with Crippen LogP contribution in [0.3, 0.4) is 0 Å². The maximum atomic E-state index is 5.78. The van der Waals surface area contributed by atoms with Crippen molar-refractivity contribution < 1.29 is 0 Å². The molecule has 0 aromatic carbocycles. The van der Waals surface area contributed by atoms with E-state index in [0.29, 0.717) is 5.88 Å². The third-order valence-corrected chi connectivity index (χ3v) is 3.17. The molecule has 0 atom stereocenters. The number of hydrogen-bond donors (Lipinski definition) is 0. The monoisotopic (exact) mass is 199 g/mol. The van der Waals surface area contributed by atoms with E-state index >= 15 is 0 Å². The molecule has 0 unspecified atom stereocenters. The van der Waals surface area contributed by atoms with Crippen LogP contribution in [-0.4, -0.2) is 14.8 Å². The van der Waals surface area contributed by atoms with Crippen molar-refractivity contribution in [2.75, 3.05) is 0 Å². The molecular weight excluding hydrogens is 186 g/mol. The standard InChI is InChI=1S/C9H14ClN3/c1-9(2,7-3-4-7)13-6-11-12-8(13)5-10/h6-7H,3-5H2,1-2H3. The molecule has 72 valence electrons. The van der Waals surface area contributed by atoms with Gasteiger partial charge in [-0.25, -0.2) is 0 Å². The summed E-state index contributed by atoms with van der Waals surface area (Å²) in [6.07, 6.45) is 4.41. The molecule has 0 spiro atoms. The van der Waals surface area contributed by atoms with Crippen LogP contribution in [0.25, 0.3) is 0 Å². The molecule has 1 aromatic heterocycles. The minimum atomic E-state index is 0.133. The van der Waals surface area contributed by atoms with Crippen LogP contribution in [-0.2, 0) is 11.4 Å². The SMILES string of the molecule is CC(C)(C1CC1)n1cnnc1CCl. The molecule has 0 N–H and O–H groups in total. The molecule has 2 rings (SSSR count).